The Kier molecular flexibility index (Phi) is 4.74. The molecule has 0 spiro atoms. The molecule has 1 aromatic carbocycles. The molecule has 17 heavy (non-hydrogen) atoms. The van der Waals surface area contributed by atoms with E-state index in [4.69, 9.17) is 23.2 Å². The van der Waals surface area contributed by atoms with Gasteiger partial charge in [-0.25, -0.2) is 10.3 Å². The molecule has 0 atom stereocenters. The maximum atomic E-state index is 11.6. The van der Waals surface area contributed by atoms with E-state index >= 15 is 0 Å². The van der Waals surface area contributed by atoms with Crippen molar-refractivity contribution < 1.29 is 19.2 Å². The van der Waals surface area contributed by atoms with Crippen LogP contribution in [0.5, 0.6) is 0 Å². The second kappa shape index (κ2) is 5.86. The van der Waals surface area contributed by atoms with E-state index < -0.39 is 11.9 Å². The molecule has 1 amide bonds. The minimum Gasteiger partial charge on any atom is -0.465 e. The van der Waals surface area contributed by atoms with Gasteiger partial charge in [0.1, 0.15) is 0 Å². The molecule has 0 aromatic heterocycles. The van der Waals surface area contributed by atoms with Crippen LogP contribution in [-0.4, -0.2) is 26.1 Å². The highest BCUT2D eigenvalue weighted by Gasteiger charge is 2.21. The summed E-state index contributed by atoms with van der Waals surface area (Å²) in [5.74, 6) is -1.30. The van der Waals surface area contributed by atoms with Crippen LogP contribution in [0.3, 0.4) is 0 Å². The van der Waals surface area contributed by atoms with Gasteiger partial charge >= 0.3 is 5.97 Å². The first-order chi connectivity index (χ1) is 8.02. The number of esters is 1. The quantitative estimate of drug-likeness (QED) is 0.679. The molecule has 0 heterocycles. The molecule has 0 fully saturated rings. The van der Waals surface area contributed by atoms with Gasteiger partial charge in [0.15, 0.2) is 0 Å². The number of carbonyl (C=O) groups excluding carboxylic acids is 2. The summed E-state index contributed by atoms with van der Waals surface area (Å²) in [6.45, 7) is 0. The van der Waals surface area contributed by atoms with Gasteiger partial charge in [-0.3, -0.25) is 9.63 Å². The first-order valence-electron chi connectivity index (χ1n) is 4.42. The number of nitrogens with one attached hydrogen (secondary N) is 1. The van der Waals surface area contributed by atoms with Gasteiger partial charge in [-0.2, -0.15) is 0 Å². The zero-order chi connectivity index (χ0) is 13.0. The topological polar surface area (TPSA) is 64.6 Å². The van der Waals surface area contributed by atoms with Crippen molar-refractivity contribution in [3.63, 3.8) is 0 Å². The van der Waals surface area contributed by atoms with Crippen LogP contribution in [-0.2, 0) is 9.57 Å². The largest absolute Gasteiger partial charge is 0.465 e. The van der Waals surface area contributed by atoms with E-state index in [1.54, 1.807) is 0 Å². The Morgan fingerprint density at radius 3 is 2.41 bits per heavy atom. The average molecular weight is 278 g/mol. The third-order valence-corrected chi connectivity index (χ3v) is 2.63. The van der Waals surface area contributed by atoms with E-state index in [1.807, 2.05) is 0 Å². The Labute approximate surface area is 108 Å². The highest BCUT2D eigenvalue weighted by Crippen LogP contribution is 2.28. The molecule has 1 N–H and O–H groups in total. The maximum absolute atomic E-state index is 11.6. The van der Waals surface area contributed by atoms with Crippen molar-refractivity contribution in [3.8, 4) is 0 Å². The standard InChI is InChI=1S/C10H9Cl2NO4/c1-16-10(15)5-3-4-6(11)7(8(5)12)9(14)13-17-2/h3-4H,1-2H3,(H,13,14). The van der Waals surface area contributed by atoms with Crippen LogP contribution < -0.4 is 5.48 Å². The summed E-state index contributed by atoms with van der Waals surface area (Å²) < 4.78 is 4.52. The molecule has 0 bridgehead atoms. The molecule has 7 heteroatoms. The Bertz CT molecular complexity index is 462. The fraction of sp³-hybridized carbons (Fsp3) is 0.200. The van der Waals surface area contributed by atoms with Crippen molar-refractivity contribution >= 4 is 35.1 Å². The van der Waals surface area contributed by atoms with Crippen LogP contribution in [0.2, 0.25) is 10.0 Å². The van der Waals surface area contributed by atoms with Gasteiger partial charge in [-0.05, 0) is 12.1 Å². The number of methoxy groups -OCH3 is 1. The van der Waals surface area contributed by atoms with E-state index in [-0.39, 0.29) is 21.2 Å². The zero-order valence-electron chi connectivity index (χ0n) is 9.04. The first-order valence-corrected chi connectivity index (χ1v) is 5.18. The van der Waals surface area contributed by atoms with E-state index in [1.165, 1.54) is 26.4 Å². The third kappa shape index (κ3) is 2.88. The summed E-state index contributed by atoms with van der Waals surface area (Å²) in [6.07, 6.45) is 0. The van der Waals surface area contributed by atoms with E-state index in [2.05, 4.69) is 15.1 Å². The molecule has 92 valence electrons. The number of hydroxylamine groups is 1. The lowest BCUT2D eigenvalue weighted by Crippen LogP contribution is -2.23. The van der Waals surface area contributed by atoms with Gasteiger partial charge < -0.3 is 4.74 Å². The van der Waals surface area contributed by atoms with Crippen molar-refractivity contribution in [1.29, 1.82) is 0 Å². The lowest BCUT2D eigenvalue weighted by molar-refractivity contribution is 0.0538. The Balaban J connectivity index is 3.29. The molecule has 0 saturated heterocycles. The number of benzene rings is 1. The zero-order valence-corrected chi connectivity index (χ0v) is 10.6. The molecule has 0 aliphatic rings. The Hall–Kier alpha value is -1.30. The van der Waals surface area contributed by atoms with Gasteiger partial charge in [0.2, 0.25) is 0 Å². The average Bonchev–Trinajstić information content (AvgIpc) is 2.28. The minimum absolute atomic E-state index is 0.0434. The normalized spacial score (nSPS) is 9.88. The number of carbonyl (C=O) groups is 2. The van der Waals surface area contributed by atoms with Gasteiger partial charge in [0, 0.05) is 0 Å². The Morgan fingerprint density at radius 2 is 1.88 bits per heavy atom. The fourth-order valence-electron chi connectivity index (χ4n) is 1.17. The SMILES string of the molecule is CONC(=O)c1c(Cl)ccc(C(=O)OC)c1Cl. The van der Waals surface area contributed by atoms with Crippen LogP contribution in [0.15, 0.2) is 12.1 Å². The van der Waals surface area contributed by atoms with Crippen molar-refractivity contribution in [2.75, 3.05) is 14.2 Å². The second-order valence-corrected chi connectivity index (χ2v) is 3.70. The lowest BCUT2D eigenvalue weighted by Gasteiger charge is -2.09. The number of halogens is 2. The van der Waals surface area contributed by atoms with Crippen LogP contribution in [0.4, 0.5) is 0 Å². The Morgan fingerprint density at radius 1 is 1.24 bits per heavy atom. The van der Waals surface area contributed by atoms with E-state index in [0.717, 1.165) is 0 Å². The van der Waals surface area contributed by atoms with Gasteiger partial charge in [-0.15, -0.1) is 0 Å². The first kappa shape index (κ1) is 13.8. The van der Waals surface area contributed by atoms with Gasteiger partial charge in [0.25, 0.3) is 5.91 Å². The monoisotopic (exact) mass is 277 g/mol. The van der Waals surface area contributed by atoms with Crippen molar-refractivity contribution in [2.24, 2.45) is 0 Å². The number of hydrogen-bond acceptors (Lipinski definition) is 4. The molecule has 0 radical (unpaired) electrons. The summed E-state index contributed by atoms with van der Waals surface area (Å²) in [7, 11) is 2.48. The number of ether oxygens (including phenoxy) is 1. The highest BCUT2D eigenvalue weighted by molar-refractivity contribution is 6.41. The van der Waals surface area contributed by atoms with Gasteiger partial charge in [-0.1, -0.05) is 23.2 Å². The predicted molar refractivity (Wildman–Crippen MR) is 62.3 cm³/mol. The van der Waals surface area contributed by atoms with Crippen LogP contribution >= 0.6 is 23.2 Å². The summed E-state index contributed by atoms with van der Waals surface area (Å²) in [4.78, 5) is 27.4. The summed E-state index contributed by atoms with van der Waals surface area (Å²) >= 11 is 11.7. The van der Waals surface area contributed by atoms with Gasteiger partial charge in [0.05, 0.1) is 35.4 Å². The number of hydrogen-bond donors (Lipinski definition) is 1. The summed E-state index contributed by atoms with van der Waals surface area (Å²) in [5, 5.41) is 0.0242. The summed E-state index contributed by atoms with van der Waals surface area (Å²) in [6, 6.07) is 2.75. The molecule has 5 nitrogen and oxygen atoms in total. The molecule has 1 rings (SSSR count). The molecular weight excluding hydrogens is 269 g/mol. The van der Waals surface area contributed by atoms with E-state index in [0.29, 0.717) is 0 Å². The van der Waals surface area contributed by atoms with E-state index in [9.17, 15) is 9.59 Å². The van der Waals surface area contributed by atoms with Crippen LogP contribution in [0.25, 0.3) is 0 Å². The number of amides is 1. The van der Waals surface area contributed by atoms with Crippen molar-refractivity contribution in [3.05, 3.63) is 33.3 Å². The molecule has 0 aliphatic heterocycles. The maximum Gasteiger partial charge on any atom is 0.339 e. The molecule has 0 saturated carbocycles. The molecular formula is C10H9Cl2NO4. The molecule has 0 aliphatic carbocycles. The molecule has 1 aromatic rings. The fourth-order valence-corrected chi connectivity index (χ4v) is 1.79. The lowest BCUT2D eigenvalue weighted by atomic mass is 10.1. The number of rotatable bonds is 3. The molecule has 0 unspecified atom stereocenters. The van der Waals surface area contributed by atoms with Crippen LogP contribution in [0, 0.1) is 0 Å². The third-order valence-electron chi connectivity index (χ3n) is 1.92. The second-order valence-electron chi connectivity index (χ2n) is 2.91. The smallest absolute Gasteiger partial charge is 0.339 e. The van der Waals surface area contributed by atoms with Crippen LogP contribution in [0.1, 0.15) is 20.7 Å². The summed E-state index contributed by atoms with van der Waals surface area (Å²) in [5.41, 5.74) is 2.08. The highest BCUT2D eigenvalue weighted by atomic mass is 35.5. The predicted octanol–water partition coefficient (Wildman–Crippen LogP) is 2.07. The minimum atomic E-state index is -0.655. The van der Waals surface area contributed by atoms with Crippen molar-refractivity contribution in [1.82, 2.24) is 5.48 Å². The van der Waals surface area contributed by atoms with Crippen molar-refractivity contribution in [2.45, 2.75) is 0 Å².